The molecule has 3 heterocycles. The first-order valence-electron chi connectivity index (χ1n) is 8.06. The molecule has 25 heavy (non-hydrogen) atoms. The minimum Gasteiger partial charge on any atom is -0.465 e. The number of rotatable bonds is 4. The molecular formula is C17H19N5O2S. The first-order chi connectivity index (χ1) is 12.1. The number of piperidine rings is 1. The molecule has 1 aliphatic rings. The summed E-state index contributed by atoms with van der Waals surface area (Å²) in [7, 11) is 1.60. The molecule has 0 bridgehead atoms. The van der Waals surface area contributed by atoms with Crippen molar-refractivity contribution in [1.29, 1.82) is 5.26 Å². The van der Waals surface area contributed by atoms with Gasteiger partial charge in [0, 0.05) is 38.6 Å². The Morgan fingerprint density at radius 3 is 2.80 bits per heavy atom. The molecule has 0 radical (unpaired) electrons. The summed E-state index contributed by atoms with van der Waals surface area (Å²) in [5, 5.41) is 19.5. The number of amides is 1. The van der Waals surface area contributed by atoms with Gasteiger partial charge in [-0.25, -0.2) is 9.78 Å². The van der Waals surface area contributed by atoms with Crippen LogP contribution in [0.15, 0.2) is 30.6 Å². The average molecular weight is 357 g/mol. The van der Waals surface area contributed by atoms with Crippen molar-refractivity contribution in [3.05, 3.63) is 35.5 Å². The molecule has 0 spiro atoms. The van der Waals surface area contributed by atoms with Crippen LogP contribution >= 0.6 is 11.3 Å². The van der Waals surface area contributed by atoms with E-state index in [1.165, 1.54) is 16.2 Å². The van der Waals surface area contributed by atoms with E-state index in [2.05, 4.69) is 20.9 Å². The van der Waals surface area contributed by atoms with Gasteiger partial charge in [-0.05, 0) is 25.0 Å². The third kappa shape index (κ3) is 3.78. The van der Waals surface area contributed by atoms with Gasteiger partial charge < -0.3 is 10.0 Å². The Kier molecular flexibility index (Phi) is 5.26. The first-order valence-corrected chi connectivity index (χ1v) is 8.88. The lowest BCUT2D eigenvalue weighted by Crippen LogP contribution is -2.45. The minimum atomic E-state index is -0.905. The number of pyridine rings is 1. The summed E-state index contributed by atoms with van der Waals surface area (Å²) in [6.45, 7) is 1.38. The highest BCUT2D eigenvalue weighted by atomic mass is 32.1. The lowest BCUT2D eigenvalue weighted by molar-refractivity contribution is 0.0975. The molecule has 7 nitrogen and oxygen atoms in total. The van der Waals surface area contributed by atoms with Crippen molar-refractivity contribution in [2.75, 3.05) is 20.1 Å². The van der Waals surface area contributed by atoms with Crippen molar-refractivity contribution in [2.24, 2.45) is 0 Å². The van der Waals surface area contributed by atoms with E-state index in [0.717, 1.165) is 28.4 Å². The molecule has 1 amide bonds. The van der Waals surface area contributed by atoms with Gasteiger partial charge in [0.25, 0.3) is 0 Å². The van der Waals surface area contributed by atoms with Crippen LogP contribution < -0.4 is 0 Å². The van der Waals surface area contributed by atoms with Gasteiger partial charge in [-0.15, -0.1) is 11.3 Å². The average Bonchev–Trinajstić information content (AvgIpc) is 3.13. The van der Waals surface area contributed by atoms with Gasteiger partial charge in [0.2, 0.25) is 0 Å². The summed E-state index contributed by atoms with van der Waals surface area (Å²) in [5.74, 6) is 0. The molecule has 1 fully saturated rings. The smallest absolute Gasteiger partial charge is 0.407 e. The predicted octanol–water partition coefficient (Wildman–Crippen LogP) is 2.84. The molecule has 1 aliphatic heterocycles. The van der Waals surface area contributed by atoms with Gasteiger partial charge in [0.1, 0.15) is 11.0 Å². The van der Waals surface area contributed by atoms with Crippen LogP contribution in [0, 0.1) is 11.3 Å². The number of hydrogen-bond acceptors (Lipinski definition) is 6. The molecule has 3 rings (SSSR count). The highest BCUT2D eigenvalue weighted by Crippen LogP contribution is 2.32. The molecule has 8 heteroatoms. The number of carbonyl (C=O) groups is 1. The van der Waals surface area contributed by atoms with Crippen molar-refractivity contribution in [2.45, 2.75) is 24.9 Å². The van der Waals surface area contributed by atoms with E-state index in [1.807, 2.05) is 18.2 Å². The van der Waals surface area contributed by atoms with Gasteiger partial charge in [-0.2, -0.15) is 5.26 Å². The van der Waals surface area contributed by atoms with Crippen LogP contribution in [0.1, 0.15) is 23.8 Å². The SMILES string of the molecule is CN(C(=O)O)C1CCN(C(C#N)c2cnc(-c3ccccn3)s2)CC1. The topological polar surface area (TPSA) is 93.4 Å². The van der Waals surface area contributed by atoms with E-state index in [1.54, 1.807) is 19.4 Å². The Morgan fingerprint density at radius 1 is 1.44 bits per heavy atom. The minimum absolute atomic E-state index is 0.0126. The fourth-order valence-corrected chi connectivity index (χ4v) is 4.01. The molecule has 0 aromatic carbocycles. The maximum atomic E-state index is 11.1. The lowest BCUT2D eigenvalue weighted by Gasteiger charge is -2.37. The van der Waals surface area contributed by atoms with Crippen LogP contribution in [0.4, 0.5) is 4.79 Å². The molecular weight excluding hydrogens is 338 g/mol. The van der Waals surface area contributed by atoms with Gasteiger partial charge in [0.15, 0.2) is 0 Å². The van der Waals surface area contributed by atoms with E-state index in [9.17, 15) is 10.1 Å². The molecule has 1 atom stereocenters. The van der Waals surface area contributed by atoms with Gasteiger partial charge >= 0.3 is 6.09 Å². The van der Waals surface area contributed by atoms with Crippen molar-refractivity contribution in [3.8, 4) is 16.8 Å². The number of likely N-dealkylation sites (tertiary alicyclic amines) is 1. The van der Waals surface area contributed by atoms with E-state index < -0.39 is 6.09 Å². The molecule has 2 aromatic rings. The van der Waals surface area contributed by atoms with Crippen LogP contribution in [-0.4, -0.2) is 57.1 Å². The number of thiazole rings is 1. The Hall–Kier alpha value is -2.50. The fourth-order valence-electron chi connectivity index (χ4n) is 3.03. The zero-order valence-corrected chi connectivity index (χ0v) is 14.7. The highest BCUT2D eigenvalue weighted by Gasteiger charge is 2.30. The number of carboxylic acid groups (broad SMARTS) is 1. The maximum Gasteiger partial charge on any atom is 0.407 e. The standard InChI is InChI=1S/C17H19N5O2S/c1-21(17(23)24)12-5-8-22(9-6-12)14(10-18)15-11-20-16(25-15)13-4-2-3-7-19-13/h2-4,7,11-12,14H,5-6,8-9H2,1H3,(H,23,24). The molecule has 130 valence electrons. The van der Waals surface area contributed by atoms with Crippen molar-refractivity contribution >= 4 is 17.4 Å². The molecule has 0 saturated carbocycles. The zero-order valence-electron chi connectivity index (χ0n) is 13.9. The molecule has 0 aliphatic carbocycles. The van der Waals surface area contributed by atoms with Crippen LogP contribution in [0.5, 0.6) is 0 Å². The van der Waals surface area contributed by atoms with E-state index in [4.69, 9.17) is 5.11 Å². The fraction of sp³-hybridized carbons (Fsp3) is 0.412. The Bertz CT molecular complexity index is 765. The number of nitriles is 1. The molecule has 2 aromatic heterocycles. The monoisotopic (exact) mass is 357 g/mol. The molecule has 1 saturated heterocycles. The van der Waals surface area contributed by atoms with Crippen molar-refractivity contribution < 1.29 is 9.90 Å². The normalized spacial score (nSPS) is 17.0. The summed E-state index contributed by atoms with van der Waals surface area (Å²) >= 11 is 1.48. The second kappa shape index (κ2) is 7.59. The third-order valence-corrected chi connectivity index (χ3v) is 5.59. The summed E-state index contributed by atoms with van der Waals surface area (Å²) in [5.41, 5.74) is 0.803. The number of hydrogen-bond donors (Lipinski definition) is 1. The maximum absolute atomic E-state index is 11.1. The number of aromatic nitrogens is 2. The largest absolute Gasteiger partial charge is 0.465 e. The first kappa shape index (κ1) is 17.3. The van der Waals surface area contributed by atoms with Crippen LogP contribution in [0.3, 0.4) is 0 Å². The second-order valence-electron chi connectivity index (χ2n) is 5.98. The van der Waals surface area contributed by atoms with E-state index >= 15 is 0 Å². The van der Waals surface area contributed by atoms with Crippen LogP contribution in [0.25, 0.3) is 10.7 Å². The Labute approximate surface area is 150 Å². The summed E-state index contributed by atoms with van der Waals surface area (Å²) in [6.07, 6.45) is 4.03. The van der Waals surface area contributed by atoms with Crippen LogP contribution in [0.2, 0.25) is 0 Å². The predicted molar refractivity (Wildman–Crippen MR) is 94.1 cm³/mol. The lowest BCUT2D eigenvalue weighted by atomic mass is 10.0. The number of nitrogens with zero attached hydrogens (tertiary/aromatic N) is 5. The third-order valence-electron chi connectivity index (χ3n) is 4.51. The van der Waals surface area contributed by atoms with Crippen molar-refractivity contribution in [3.63, 3.8) is 0 Å². The quantitative estimate of drug-likeness (QED) is 0.904. The summed E-state index contributed by atoms with van der Waals surface area (Å²) in [6, 6.07) is 7.69. The van der Waals surface area contributed by atoms with E-state index in [0.29, 0.717) is 13.1 Å². The molecule has 1 unspecified atom stereocenters. The summed E-state index contributed by atoms with van der Waals surface area (Å²) in [4.78, 5) is 24.1. The van der Waals surface area contributed by atoms with Gasteiger partial charge in [-0.1, -0.05) is 6.07 Å². The van der Waals surface area contributed by atoms with E-state index in [-0.39, 0.29) is 12.1 Å². The molecule has 1 N–H and O–H groups in total. The second-order valence-corrected chi connectivity index (χ2v) is 7.04. The van der Waals surface area contributed by atoms with Gasteiger partial charge in [-0.3, -0.25) is 9.88 Å². The Morgan fingerprint density at radius 2 is 2.20 bits per heavy atom. The Balaban J connectivity index is 1.69. The zero-order chi connectivity index (χ0) is 17.8. The highest BCUT2D eigenvalue weighted by molar-refractivity contribution is 7.15. The summed E-state index contributed by atoms with van der Waals surface area (Å²) < 4.78 is 0. The van der Waals surface area contributed by atoms with Crippen LogP contribution in [-0.2, 0) is 0 Å². The van der Waals surface area contributed by atoms with Gasteiger partial charge in [0.05, 0.1) is 16.6 Å². The van der Waals surface area contributed by atoms with Crippen molar-refractivity contribution in [1.82, 2.24) is 19.8 Å².